The summed E-state index contributed by atoms with van der Waals surface area (Å²) in [7, 11) is 1.70. The van der Waals surface area contributed by atoms with E-state index in [1.165, 1.54) is 0 Å². The Labute approximate surface area is 91.8 Å². The molecule has 0 spiro atoms. The first kappa shape index (κ1) is 11.9. The maximum Gasteiger partial charge on any atom is 0.121 e. The highest BCUT2D eigenvalue weighted by Gasteiger charge is 1.98. The van der Waals surface area contributed by atoms with Crippen LogP contribution in [0.3, 0.4) is 0 Å². The van der Waals surface area contributed by atoms with Crippen molar-refractivity contribution in [2.45, 2.75) is 13.8 Å². The third-order valence-electron chi connectivity index (χ3n) is 2.28. The molecule has 0 heterocycles. The van der Waals surface area contributed by atoms with E-state index in [1.54, 1.807) is 7.11 Å². The number of hydrogen-bond acceptors (Lipinski definition) is 3. The van der Waals surface area contributed by atoms with Gasteiger partial charge in [0.2, 0.25) is 0 Å². The van der Waals surface area contributed by atoms with Crippen LogP contribution in [0, 0.1) is 6.92 Å². The zero-order valence-electron chi connectivity index (χ0n) is 9.76. The van der Waals surface area contributed by atoms with Crippen LogP contribution in [0.5, 0.6) is 5.75 Å². The molecule has 1 aromatic rings. The maximum atomic E-state index is 5.20. The second-order valence-electron chi connectivity index (χ2n) is 3.46. The Hall–Kier alpha value is -1.22. The van der Waals surface area contributed by atoms with E-state index in [0.717, 1.165) is 36.6 Å². The minimum atomic E-state index is 0.937. The van der Waals surface area contributed by atoms with Crippen molar-refractivity contribution in [3.8, 4) is 5.75 Å². The van der Waals surface area contributed by atoms with Gasteiger partial charge in [0.1, 0.15) is 5.75 Å². The molecule has 0 fully saturated rings. The van der Waals surface area contributed by atoms with Crippen LogP contribution < -0.4 is 15.4 Å². The predicted molar refractivity (Wildman–Crippen MR) is 64.8 cm³/mol. The number of anilines is 1. The molecule has 15 heavy (non-hydrogen) atoms. The van der Waals surface area contributed by atoms with Gasteiger partial charge in [-0.15, -0.1) is 0 Å². The van der Waals surface area contributed by atoms with Crippen LogP contribution in [-0.4, -0.2) is 26.7 Å². The first-order chi connectivity index (χ1) is 7.27. The summed E-state index contributed by atoms with van der Waals surface area (Å²) >= 11 is 0. The van der Waals surface area contributed by atoms with Gasteiger partial charge < -0.3 is 15.4 Å². The Kier molecular flexibility index (Phi) is 4.98. The van der Waals surface area contributed by atoms with E-state index in [1.807, 2.05) is 19.1 Å². The van der Waals surface area contributed by atoms with Gasteiger partial charge in [-0.05, 0) is 37.2 Å². The summed E-state index contributed by atoms with van der Waals surface area (Å²) in [6.07, 6.45) is 0. The molecule has 1 rings (SSSR count). The van der Waals surface area contributed by atoms with Crippen LogP contribution in [0.25, 0.3) is 0 Å². The molecule has 0 atom stereocenters. The molecular weight excluding hydrogens is 188 g/mol. The molecule has 0 bridgehead atoms. The lowest BCUT2D eigenvalue weighted by Crippen LogP contribution is -2.21. The van der Waals surface area contributed by atoms with E-state index in [4.69, 9.17) is 4.74 Å². The van der Waals surface area contributed by atoms with E-state index in [9.17, 15) is 0 Å². The quantitative estimate of drug-likeness (QED) is 0.702. The highest BCUT2D eigenvalue weighted by atomic mass is 16.5. The third kappa shape index (κ3) is 3.80. The van der Waals surface area contributed by atoms with Crippen LogP contribution >= 0.6 is 0 Å². The largest absolute Gasteiger partial charge is 0.496 e. The second-order valence-corrected chi connectivity index (χ2v) is 3.46. The summed E-state index contributed by atoms with van der Waals surface area (Å²) in [6.45, 7) is 7.11. The van der Waals surface area contributed by atoms with E-state index in [2.05, 4.69) is 23.6 Å². The molecule has 0 unspecified atom stereocenters. The summed E-state index contributed by atoms with van der Waals surface area (Å²) in [6, 6.07) is 6.13. The first-order valence-electron chi connectivity index (χ1n) is 5.37. The van der Waals surface area contributed by atoms with Gasteiger partial charge in [-0.2, -0.15) is 0 Å². The molecular formula is C12H20N2O. The molecule has 3 heteroatoms. The van der Waals surface area contributed by atoms with Gasteiger partial charge in [0.25, 0.3) is 0 Å². The molecule has 0 aliphatic heterocycles. The van der Waals surface area contributed by atoms with Crippen molar-refractivity contribution >= 4 is 5.69 Å². The van der Waals surface area contributed by atoms with Gasteiger partial charge in [0, 0.05) is 18.8 Å². The molecule has 84 valence electrons. The Morgan fingerprint density at radius 1 is 1.27 bits per heavy atom. The number of likely N-dealkylation sites (N-methyl/N-ethyl adjacent to an activating group) is 1. The maximum absolute atomic E-state index is 5.20. The summed E-state index contributed by atoms with van der Waals surface area (Å²) in [5.41, 5.74) is 2.30. The molecule has 0 aliphatic carbocycles. The third-order valence-corrected chi connectivity index (χ3v) is 2.28. The van der Waals surface area contributed by atoms with Crippen molar-refractivity contribution < 1.29 is 4.74 Å². The van der Waals surface area contributed by atoms with Crippen molar-refractivity contribution in [2.75, 3.05) is 32.1 Å². The molecule has 0 saturated carbocycles. The lowest BCUT2D eigenvalue weighted by Gasteiger charge is -2.09. The fraction of sp³-hybridized carbons (Fsp3) is 0.500. The van der Waals surface area contributed by atoms with Crippen molar-refractivity contribution in [1.29, 1.82) is 0 Å². The lowest BCUT2D eigenvalue weighted by atomic mass is 10.2. The number of nitrogens with one attached hydrogen (secondary N) is 2. The summed E-state index contributed by atoms with van der Waals surface area (Å²) in [5, 5.41) is 6.62. The lowest BCUT2D eigenvalue weighted by molar-refractivity contribution is 0.412. The highest BCUT2D eigenvalue weighted by molar-refractivity contribution is 5.50. The van der Waals surface area contributed by atoms with Crippen molar-refractivity contribution in [3.63, 3.8) is 0 Å². The zero-order chi connectivity index (χ0) is 11.1. The number of ether oxygens (including phenoxy) is 1. The van der Waals surface area contributed by atoms with Crippen molar-refractivity contribution in [2.24, 2.45) is 0 Å². The second kappa shape index (κ2) is 6.30. The number of methoxy groups -OCH3 is 1. The fourth-order valence-electron chi connectivity index (χ4n) is 1.46. The minimum Gasteiger partial charge on any atom is -0.496 e. The summed E-state index contributed by atoms with van der Waals surface area (Å²) in [4.78, 5) is 0. The Balaban J connectivity index is 2.45. The van der Waals surface area contributed by atoms with Gasteiger partial charge in [0.15, 0.2) is 0 Å². The van der Waals surface area contributed by atoms with E-state index in [0.29, 0.717) is 0 Å². The SMILES string of the molecule is CCNCCNc1ccc(OC)c(C)c1. The molecule has 0 aliphatic rings. The predicted octanol–water partition coefficient (Wildman–Crippen LogP) is 2.03. The van der Waals surface area contributed by atoms with Crippen LogP contribution in [0.1, 0.15) is 12.5 Å². The highest BCUT2D eigenvalue weighted by Crippen LogP contribution is 2.20. The zero-order valence-corrected chi connectivity index (χ0v) is 9.76. The topological polar surface area (TPSA) is 33.3 Å². The molecule has 0 saturated heterocycles. The van der Waals surface area contributed by atoms with Gasteiger partial charge in [-0.3, -0.25) is 0 Å². The number of hydrogen-bond donors (Lipinski definition) is 2. The number of rotatable bonds is 6. The van der Waals surface area contributed by atoms with Crippen LogP contribution in [0.15, 0.2) is 18.2 Å². The number of aryl methyl sites for hydroxylation is 1. The Bertz CT molecular complexity index is 300. The van der Waals surface area contributed by atoms with Crippen molar-refractivity contribution in [3.05, 3.63) is 23.8 Å². The molecule has 2 N–H and O–H groups in total. The summed E-state index contributed by atoms with van der Waals surface area (Å²) in [5.74, 6) is 0.937. The van der Waals surface area contributed by atoms with E-state index >= 15 is 0 Å². The normalized spacial score (nSPS) is 10.1. The standard InChI is InChI=1S/C12H20N2O/c1-4-13-7-8-14-11-5-6-12(15-3)10(2)9-11/h5-6,9,13-14H,4,7-8H2,1-3H3. The van der Waals surface area contributed by atoms with Gasteiger partial charge in [-0.25, -0.2) is 0 Å². The first-order valence-corrected chi connectivity index (χ1v) is 5.37. The van der Waals surface area contributed by atoms with Crippen LogP contribution in [0.2, 0.25) is 0 Å². The van der Waals surface area contributed by atoms with Gasteiger partial charge in [0.05, 0.1) is 7.11 Å². The monoisotopic (exact) mass is 208 g/mol. The Morgan fingerprint density at radius 3 is 2.67 bits per heavy atom. The minimum absolute atomic E-state index is 0.937. The number of benzene rings is 1. The molecule has 0 aromatic heterocycles. The van der Waals surface area contributed by atoms with Crippen molar-refractivity contribution in [1.82, 2.24) is 5.32 Å². The van der Waals surface area contributed by atoms with Gasteiger partial charge in [-0.1, -0.05) is 6.92 Å². The average Bonchev–Trinajstić information content (AvgIpc) is 2.25. The summed E-state index contributed by atoms with van der Waals surface area (Å²) < 4.78 is 5.20. The molecule has 0 amide bonds. The van der Waals surface area contributed by atoms with E-state index in [-0.39, 0.29) is 0 Å². The molecule has 3 nitrogen and oxygen atoms in total. The van der Waals surface area contributed by atoms with Gasteiger partial charge >= 0.3 is 0 Å². The molecule has 0 radical (unpaired) electrons. The average molecular weight is 208 g/mol. The van der Waals surface area contributed by atoms with Crippen LogP contribution in [0.4, 0.5) is 5.69 Å². The fourth-order valence-corrected chi connectivity index (χ4v) is 1.46. The Morgan fingerprint density at radius 2 is 2.07 bits per heavy atom. The smallest absolute Gasteiger partial charge is 0.121 e. The van der Waals surface area contributed by atoms with Crippen LogP contribution in [-0.2, 0) is 0 Å². The van der Waals surface area contributed by atoms with E-state index < -0.39 is 0 Å². The molecule has 1 aromatic carbocycles.